The number of carbonyl (C=O) groups excluding carboxylic acids is 1. The fourth-order valence-corrected chi connectivity index (χ4v) is 3.22. The van der Waals surface area contributed by atoms with Gasteiger partial charge >= 0.3 is 6.18 Å². The number of carbonyl (C=O) groups is 1. The summed E-state index contributed by atoms with van der Waals surface area (Å²) in [7, 11) is 1.52. The first kappa shape index (κ1) is 26.1. The standard InChI is InChI=1S/C27H27F3O5/c1-19(31)26(32-2)18-20-4-8-22(9-5-20)33-16-3-17-34-23-12-14-25(15-13-23)35-24-10-6-21(7-11-24)27(28,29)30/h4-15,26H,3,16-18H2,1-2H3/t26-/m0/s1. The van der Waals surface area contributed by atoms with Crippen molar-refractivity contribution in [2.75, 3.05) is 20.3 Å². The first-order valence-electron chi connectivity index (χ1n) is 11.1. The summed E-state index contributed by atoms with van der Waals surface area (Å²) in [5.74, 6) is 2.18. The van der Waals surface area contributed by atoms with Crippen LogP contribution < -0.4 is 14.2 Å². The van der Waals surface area contributed by atoms with Crippen LogP contribution in [-0.2, 0) is 22.1 Å². The summed E-state index contributed by atoms with van der Waals surface area (Å²) in [6, 6.07) is 18.9. The van der Waals surface area contributed by atoms with Crippen molar-refractivity contribution < 1.29 is 36.9 Å². The van der Waals surface area contributed by atoms with Gasteiger partial charge < -0.3 is 18.9 Å². The molecule has 0 radical (unpaired) electrons. The van der Waals surface area contributed by atoms with Crippen molar-refractivity contribution in [2.45, 2.75) is 32.0 Å². The van der Waals surface area contributed by atoms with Gasteiger partial charge in [0.1, 0.15) is 29.1 Å². The minimum absolute atomic E-state index is 0.00542. The van der Waals surface area contributed by atoms with Crippen molar-refractivity contribution in [2.24, 2.45) is 0 Å². The lowest BCUT2D eigenvalue weighted by Gasteiger charge is -2.12. The summed E-state index contributed by atoms with van der Waals surface area (Å²) in [5.41, 5.74) is 0.271. The van der Waals surface area contributed by atoms with Crippen LogP contribution in [0, 0.1) is 0 Å². The van der Waals surface area contributed by atoms with Crippen molar-refractivity contribution in [3.63, 3.8) is 0 Å². The molecule has 8 heteroatoms. The van der Waals surface area contributed by atoms with Crippen LogP contribution in [0.15, 0.2) is 72.8 Å². The summed E-state index contributed by atoms with van der Waals surface area (Å²) in [5, 5.41) is 0. The highest BCUT2D eigenvalue weighted by atomic mass is 19.4. The molecule has 0 saturated carbocycles. The van der Waals surface area contributed by atoms with Crippen LogP contribution >= 0.6 is 0 Å². The number of methoxy groups -OCH3 is 1. The van der Waals surface area contributed by atoms with Crippen molar-refractivity contribution >= 4 is 5.78 Å². The van der Waals surface area contributed by atoms with E-state index in [-0.39, 0.29) is 5.78 Å². The molecule has 186 valence electrons. The van der Waals surface area contributed by atoms with Crippen LogP contribution in [0.1, 0.15) is 24.5 Å². The lowest BCUT2D eigenvalue weighted by molar-refractivity contribution is -0.137. The molecule has 3 aromatic carbocycles. The highest BCUT2D eigenvalue weighted by Gasteiger charge is 2.30. The molecule has 0 aliphatic heterocycles. The molecule has 0 aliphatic carbocycles. The zero-order chi connectivity index (χ0) is 25.3. The molecule has 1 atom stereocenters. The van der Waals surface area contributed by atoms with Crippen LogP contribution in [0.5, 0.6) is 23.0 Å². The molecular formula is C27H27F3O5. The molecule has 5 nitrogen and oxygen atoms in total. The molecule has 0 amide bonds. The van der Waals surface area contributed by atoms with Crippen molar-refractivity contribution in [3.8, 4) is 23.0 Å². The van der Waals surface area contributed by atoms with Gasteiger partial charge in [0.2, 0.25) is 0 Å². The topological polar surface area (TPSA) is 54.0 Å². The Bertz CT molecular complexity index is 1060. The number of ether oxygens (including phenoxy) is 4. The maximum Gasteiger partial charge on any atom is 0.416 e. The molecule has 0 unspecified atom stereocenters. The van der Waals surface area contributed by atoms with Crippen LogP contribution in [0.4, 0.5) is 13.2 Å². The largest absolute Gasteiger partial charge is 0.493 e. The lowest BCUT2D eigenvalue weighted by Crippen LogP contribution is -2.22. The summed E-state index contributed by atoms with van der Waals surface area (Å²) < 4.78 is 60.1. The molecule has 0 aliphatic rings. The first-order valence-corrected chi connectivity index (χ1v) is 11.1. The maximum atomic E-state index is 12.6. The minimum atomic E-state index is -4.38. The quantitative estimate of drug-likeness (QED) is 0.273. The summed E-state index contributed by atoms with van der Waals surface area (Å²) >= 11 is 0. The molecule has 0 fully saturated rings. The first-order chi connectivity index (χ1) is 16.7. The van der Waals surface area contributed by atoms with Crippen molar-refractivity contribution in [1.82, 2.24) is 0 Å². The smallest absolute Gasteiger partial charge is 0.416 e. The minimum Gasteiger partial charge on any atom is -0.493 e. The van der Waals surface area contributed by atoms with Crippen LogP contribution in [0.25, 0.3) is 0 Å². The van der Waals surface area contributed by atoms with Gasteiger partial charge in [0.05, 0.1) is 18.8 Å². The van der Waals surface area contributed by atoms with Crippen LogP contribution in [0.3, 0.4) is 0 Å². The van der Waals surface area contributed by atoms with E-state index in [0.717, 1.165) is 23.4 Å². The van der Waals surface area contributed by atoms with E-state index >= 15 is 0 Å². The molecule has 0 aromatic heterocycles. The number of benzene rings is 3. The third-order valence-electron chi connectivity index (χ3n) is 5.15. The van der Waals surface area contributed by atoms with E-state index < -0.39 is 17.8 Å². The fourth-order valence-electron chi connectivity index (χ4n) is 3.22. The summed E-state index contributed by atoms with van der Waals surface area (Å²) in [6.45, 7) is 2.44. The van der Waals surface area contributed by atoms with Gasteiger partial charge in [-0.05, 0) is 73.2 Å². The van der Waals surface area contributed by atoms with Crippen molar-refractivity contribution in [3.05, 3.63) is 83.9 Å². The van der Waals surface area contributed by atoms with E-state index in [1.54, 1.807) is 24.3 Å². The Balaban J connectivity index is 1.37. The number of Topliss-reactive ketones (excluding diaryl/α,β-unsaturated/α-hetero) is 1. The van der Waals surface area contributed by atoms with E-state index in [4.69, 9.17) is 18.9 Å². The maximum absolute atomic E-state index is 12.6. The SMILES string of the molecule is CO[C@@H](Cc1ccc(OCCCOc2ccc(Oc3ccc(C(F)(F)F)cc3)cc2)cc1)C(C)=O. The number of hydrogen-bond acceptors (Lipinski definition) is 5. The Morgan fingerprint density at radius 3 is 1.69 bits per heavy atom. The molecule has 3 rings (SSSR count). The van der Waals surface area contributed by atoms with Gasteiger partial charge in [-0.15, -0.1) is 0 Å². The van der Waals surface area contributed by atoms with Gasteiger partial charge in [-0.1, -0.05) is 12.1 Å². The van der Waals surface area contributed by atoms with E-state index in [9.17, 15) is 18.0 Å². The van der Waals surface area contributed by atoms with Crippen molar-refractivity contribution in [1.29, 1.82) is 0 Å². The van der Waals surface area contributed by atoms with Crippen LogP contribution in [0.2, 0.25) is 0 Å². The Hall–Kier alpha value is -3.52. The van der Waals surface area contributed by atoms with E-state index in [2.05, 4.69) is 0 Å². The Labute approximate surface area is 202 Å². The van der Waals surface area contributed by atoms with Gasteiger partial charge in [0.25, 0.3) is 0 Å². The van der Waals surface area contributed by atoms with E-state index in [0.29, 0.717) is 43.3 Å². The molecule has 3 aromatic rings. The molecule has 0 spiro atoms. The molecular weight excluding hydrogens is 461 g/mol. The molecule has 35 heavy (non-hydrogen) atoms. The molecule has 0 N–H and O–H groups in total. The Morgan fingerprint density at radius 1 is 0.771 bits per heavy atom. The average Bonchev–Trinajstić information content (AvgIpc) is 2.84. The number of alkyl halides is 3. The van der Waals surface area contributed by atoms with Crippen LogP contribution in [-0.4, -0.2) is 32.2 Å². The van der Waals surface area contributed by atoms with E-state index in [1.165, 1.54) is 26.2 Å². The van der Waals surface area contributed by atoms with Gasteiger partial charge in [-0.3, -0.25) is 4.79 Å². The second kappa shape index (κ2) is 12.3. The average molecular weight is 489 g/mol. The predicted molar refractivity (Wildman–Crippen MR) is 125 cm³/mol. The summed E-state index contributed by atoms with van der Waals surface area (Å²) in [4.78, 5) is 11.5. The predicted octanol–water partition coefficient (Wildman–Crippen LogP) is 6.49. The number of hydrogen-bond donors (Lipinski definition) is 0. The molecule has 0 heterocycles. The monoisotopic (exact) mass is 488 g/mol. The molecule has 0 saturated heterocycles. The third kappa shape index (κ3) is 8.33. The number of halogens is 3. The second-order valence-electron chi connectivity index (χ2n) is 7.83. The normalized spacial score (nSPS) is 12.1. The fraction of sp³-hybridized carbons (Fsp3) is 0.296. The number of ketones is 1. The Morgan fingerprint density at radius 2 is 1.23 bits per heavy atom. The highest BCUT2D eigenvalue weighted by molar-refractivity contribution is 5.80. The number of rotatable bonds is 12. The van der Waals surface area contributed by atoms with Gasteiger partial charge in [-0.2, -0.15) is 13.2 Å². The second-order valence-corrected chi connectivity index (χ2v) is 7.83. The molecule has 0 bridgehead atoms. The zero-order valence-electron chi connectivity index (χ0n) is 19.5. The highest BCUT2D eigenvalue weighted by Crippen LogP contribution is 2.31. The van der Waals surface area contributed by atoms with E-state index in [1.807, 2.05) is 24.3 Å². The van der Waals surface area contributed by atoms with Gasteiger partial charge in [0, 0.05) is 20.0 Å². The third-order valence-corrected chi connectivity index (χ3v) is 5.15. The van der Waals surface area contributed by atoms with Gasteiger partial charge in [0.15, 0.2) is 5.78 Å². The zero-order valence-corrected chi connectivity index (χ0v) is 19.5. The lowest BCUT2D eigenvalue weighted by atomic mass is 10.1. The summed E-state index contributed by atoms with van der Waals surface area (Å²) in [6.07, 6.45) is -3.63. The Kier molecular flexibility index (Phi) is 9.14. The van der Waals surface area contributed by atoms with Gasteiger partial charge in [-0.25, -0.2) is 0 Å².